The Morgan fingerprint density at radius 1 is 1.00 bits per heavy atom. The first-order valence-corrected chi connectivity index (χ1v) is 8.80. The summed E-state index contributed by atoms with van der Waals surface area (Å²) in [5, 5.41) is 17.6. The van der Waals surface area contributed by atoms with Crippen molar-refractivity contribution in [2.75, 3.05) is 13.2 Å². The molecule has 1 unspecified atom stereocenters. The van der Waals surface area contributed by atoms with Crippen molar-refractivity contribution in [2.45, 2.75) is 83.7 Å². The van der Waals surface area contributed by atoms with Gasteiger partial charge in [-0.2, -0.15) is 0 Å². The summed E-state index contributed by atoms with van der Waals surface area (Å²) < 4.78 is 4.84. The molecule has 0 aliphatic rings. The summed E-state index contributed by atoms with van der Waals surface area (Å²) >= 11 is 0. The van der Waals surface area contributed by atoms with Gasteiger partial charge in [-0.05, 0) is 32.1 Å². The molecule has 0 saturated heterocycles. The molecule has 4 heteroatoms. The Morgan fingerprint density at radius 3 is 2.23 bits per heavy atom. The molecule has 0 aromatic heterocycles. The largest absolute Gasteiger partial charge is 0.463 e. The highest BCUT2D eigenvalue weighted by atomic mass is 16.5. The van der Waals surface area contributed by atoms with Crippen LogP contribution in [0.4, 0.5) is 0 Å². The fourth-order valence-corrected chi connectivity index (χ4v) is 2.12. The first-order valence-electron chi connectivity index (χ1n) is 8.80. The number of esters is 1. The maximum Gasteiger partial charge on any atom is 0.305 e. The normalized spacial score (nSPS) is 12.7. The summed E-state index contributed by atoms with van der Waals surface area (Å²) in [7, 11) is 0. The van der Waals surface area contributed by atoms with Crippen LogP contribution >= 0.6 is 0 Å². The van der Waals surface area contributed by atoms with E-state index < -0.39 is 6.10 Å². The third-order valence-corrected chi connectivity index (χ3v) is 3.54. The molecule has 0 aromatic rings. The van der Waals surface area contributed by atoms with Crippen LogP contribution in [0.1, 0.15) is 77.6 Å². The lowest BCUT2D eigenvalue weighted by Gasteiger charge is -2.08. The number of rotatable bonds is 15. The van der Waals surface area contributed by atoms with Gasteiger partial charge in [0, 0.05) is 6.42 Å². The highest BCUT2D eigenvalue weighted by molar-refractivity contribution is 5.69. The molecular formula is C18H34O4. The van der Waals surface area contributed by atoms with E-state index in [2.05, 4.69) is 19.1 Å². The van der Waals surface area contributed by atoms with E-state index in [4.69, 9.17) is 14.9 Å². The molecular weight excluding hydrogens is 280 g/mol. The third-order valence-electron chi connectivity index (χ3n) is 3.54. The van der Waals surface area contributed by atoms with E-state index in [9.17, 15) is 4.79 Å². The lowest BCUT2D eigenvalue weighted by Crippen LogP contribution is -2.21. The van der Waals surface area contributed by atoms with Crippen LogP contribution in [-0.4, -0.2) is 35.5 Å². The van der Waals surface area contributed by atoms with Crippen molar-refractivity contribution >= 4 is 5.97 Å². The maximum absolute atomic E-state index is 11.3. The average Bonchev–Trinajstić information content (AvgIpc) is 2.53. The van der Waals surface area contributed by atoms with Gasteiger partial charge in [0.05, 0.1) is 6.61 Å². The predicted octanol–water partition coefficient (Wildman–Crippen LogP) is 3.75. The zero-order valence-corrected chi connectivity index (χ0v) is 14.1. The fourth-order valence-electron chi connectivity index (χ4n) is 2.12. The van der Waals surface area contributed by atoms with Crippen molar-refractivity contribution in [3.05, 3.63) is 12.2 Å². The molecule has 2 N–H and O–H groups in total. The molecule has 0 heterocycles. The van der Waals surface area contributed by atoms with E-state index in [1.165, 1.54) is 38.5 Å². The van der Waals surface area contributed by atoms with Crippen molar-refractivity contribution in [3.8, 4) is 0 Å². The second-order valence-corrected chi connectivity index (χ2v) is 5.79. The van der Waals surface area contributed by atoms with Crippen LogP contribution in [0.15, 0.2) is 12.2 Å². The lowest BCUT2D eigenvalue weighted by atomic mass is 10.1. The summed E-state index contributed by atoms with van der Waals surface area (Å²) in [6, 6.07) is 0. The van der Waals surface area contributed by atoms with Gasteiger partial charge in [-0.25, -0.2) is 0 Å². The summed E-state index contributed by atoms with van der Waals surface area (Å²) in [5.41, 5.74) is 0. The Hall–Kier alpha value is -0.870. The van der Waals surface area contributed by atoms with E-state index in [1.807, 2.05) is 0 Å². The van der Waals surface area contributed by atoms with Crippen molar-refractivity contribution in [1.82, 2.24) is 0 Å². The molecule has 4 nitrogen and oxygen atoms in total. The molecule has 0 amide bonds. The number of hydrogen-bond donors (Lipinski definition) is 2. The van der Waals surface area contributed by atoms with E-state index in [0.29, 0.717) is 6.42 Å². The molecule has 0 saturated carbocycles. The van der Waals surface area contributed by atoms with Crippen LogP contribution in [0, 0.1) is 0 Å². The van der Waals surface area contributed by atoms with Gasteiger partial charge in [-0.15, -0.1) is 0 Å². The van der Waals surface area contributed by atoms with Crippen LogP contribution in [-0.2, 0) is 9.53 Å². The summed E-state index contributed by atoms with van der Waals surface area (Å²) in [4.78, 5) is 11.3. The van der Waals surface area contributed by atoms with Crippen molar-refractivity contribution in [1.29, 1.82) is 0 Å². The smallest absolute Gasteiger partial charge is 0.305 e. The Balaban J connectivity index is 3.24. The molecule has 1 atom stereocenters. The molecule has 0 fully saturated rings. The van der Waals surface area contributed by atoms with Gasteiger partial charge in [0.15, 0.2) is 0 Å². The zero-order chi connectivity index (χ0) is 16.5. The van der Waals surface area contributed by atoms with Crippen LogP contribution in [0.2, 0.25) is 0 Å². The molecule has 130 valence electrons. The molecule has 0 radical (unpaired) electrons. The van der Waals surface area contributed by atoms with Crippen LogP contribution < -0.4 is 0 Å². The fraction of sp³-hybridized carbons (Fsp3) is 0.833. The SMILES string of the molecule is CCCCC/C=C\CCCCCCCC(=O)OCC(O)CO. The molecule has 0 rings (SSSR count). The Morgan fingerprint density at radius 2 is 1.59 bits per heavy atom. The van der Waals surface area contributed by atoms with Gasteiger partial charge in [0.2, 0.25) is 0 Å². The summed E-state index contributed by atoms with van der Waals surface area (Å²) in [5.74, 6) is -0.289. The van der Waals surface area contributed by atoms with Crippen molar-refractivity contribution in [3.63, 3.8) is 0 Å². The highest BCUT2D eigenvalue weighted by Crippen LogP contribution is 2.09. The van der Waals surface area contributed by atoms with Gasteiger partial charge >= 0.3 is 5.97 Å². The number of aliphatic hydroxyl groups excluding tert-OH is 2. The number of carbonyl (C=O) groups is 1. The number of carbonyl (C=O) groups excluding carboxylic acids is 1. The number of unbranched alkanes of at least 4 members (excludes halogenated alkanes) is 8. The van der Waals surface area contributed by atoms with Gasteiger partial charge in [0.1, 0.15) is 12.7 Å². The molecule has 0 bridgehead atoms. The number of allylic oxidation sites excluding steroid dienone is 2. The molecule has 22 heavy (non-hydrogen) atoms. The Kier molecular flexibility index (Phi) is 15.8. The monoisotopic (exact) mass is 314 g/mol. The molecule has 0 spiro atoms. The number of ether oxygens (including phenoxy) is 1. The Bertz CT molecular complexity index is 276. The minimum Gasteiger partial charge on any atom is -0.463 e. The highest BCUT2D eigenvalue weighted by Gasteiger charge is 2.07. The Labute approximate surface area is 135 Å². The summed E-state index contributed by atoms with van der Waals surface area (Å²) in [6.45, 7) is 1.74. The van der Waals surface area contributed by atoms with E-state index in [-0.39, 0.29) is 19.2 Å². The van der Waals surface area contributed by atoms with E-state index >= 15 is 0 Å². The summed E-state index contributed by atoms with van der Waals surface area (Å²) in [6.07, 6.45) is 15.8. The quantitative estimate of drug-likeness (QED) is 0.274. The topological polar surface area (TPSA) is 66.8 Å². The van der Waals surface area contributed by atoms with Gasteiger partial charge in [-0.1, -0.05) is 51.2 Å². The average molecular weight is 314 g/mol. The first-order chi connectivity index (χ1) is 10.7. The minimum absolute atomic E-state index is 0.111. The van der Waals surface area contributed by atoms with E-state index in [1.54, 1.807) is 0 Å². The van der Waals surface area contributed by atoms with Crippen LogP contribution in [0.3, 0.4) is 0 Å². The standard InChI is InChI=1S/C18H34O4/c1-2-3-4-5-6-7-8-9-10-11-12-13-14-18(21)22-16-17(20)15-19/h6-7,17,19-20H,2-5,8-16H2,1H3/b7-6-. The zero-order valence-electron chi connectivity index (χ0n) is 14.1. The first kappa shape index (κ1) is 21.1. The van der Waals surface area contributed by atoms with Crippen molar-refractivity contribution in [2.24, 2.45) is 0 Å². The predicted molar refractivity (Wildman–Crippen MR) is 89.7 cm³/mol. The molecule has 0 aromatic carbocycles. The number of hydrogen-bond acceptors (Lipinski definition) is 4. The van der Waals surface area contributed by atoms with Gasteiger partial charge in [0.25, 0.3) is 0 Å². The van der Waals surface area contributed by atoms with Crippen molar-refractivity contribution < 1.29 is 19.7 Å². The third kappa shape index (κ3) is 15.5. The second kappa shape index (κ2) is 16.5. The molecule has 0 aliphatic carbocycles. The van der Waals surface area contributed by atoms with Crippen LogP contribution in [0.5, 0.6) is 0 Å². The van der Waals surface area contributed by atoms with Gasteiger partial charge < -0.3 is 14.9 Å². The van der Waals surface area contributed by atoms with Crippen LogP contribution in [0.25, 0.3) is 0 Å². The second-order valence-electron chi connectivity index (χ2n) is 5.79. The minimum atomic E-state index is -0.959. The van der Waals surface area contributed by atoms with E-state index in [0.717, 1.165) is 25.7 Å². The maximum atomic E-state index is 11.3. The molecule has 0 aliphatic heterocycles. The lowest BCUT2D eigenvalue weighted by molar-refractivity contribution is -0.147. The number of aliphatic hydroxyl groups is 2. The van der Waals surface area contributed by atoms with Gasteiger partial charge in [-0.3, -0.25) is 4.79 Å².